The third-order valence-electron chi connectivity index (χ3n) is 4.60. The maximum Gasteiger partial charge on any atom is 0.345 e. The fraction of sp³-hybridized carbons (Fsp3) is 0.350. The van der Waals surface area contributed by atoms with Gasteiger partial charge in [-0.15, -0.1) is 0 Å². The van der Waals surface area contributed by atoms with E-state index in [9.17, 15) is 9.59 Å². The first-order chi connectivity index (χ1) is 13.0. The van der Waals surface area contributed by atoms with Gasteiger partial charge in [-0.3, -0.25) is 9.48 Å². The molecule has 0 spiro atoms. The lowest BCUT2D eigenvalue weighted by Crippen LogP contribution is -2.30. The lowest BCUT2D eigenvalue weighted by molar-refractivity contribution is 0.0463. The van der Waals surface area contributed by atoms with Crippen molar-refractivity contribution >= 4 is 11.6 Å². The van der Waals surface area contributed by atoms with Crippen LogP contribution < -0.4 is 5.56 Å². The fourth-order valence-corrected chi connectivity index (χ4v) is 2.91. The Labute approximate surface area is 157 Å². The molecule has 7 heteroatoms. The first kappa shape index (κ1) is 18.8. The predicted octanol–water partition coefficient (Wildman–Crippen LogP) is 2.29. The number of aromatic nitrogens is 3. The predicted molar refractivity (Wildman–Crippen MR) is 104 cm³/mol. The van der Waals surface area contributed by atoms with E-state index in [-0.39, 0.29) is 12.2 Å². The highest BCUT2D eigenvalue weighted by Gasteiger charge is 2.17. The molecule has 0 amide bonds. The third kappa shape index (κ3) is 3.93. The summed E-state index contributed by atoms with van der Waals surface area (Å²) in [6, 6.07) is 9.49. The van der Waals surface area contributed by atoms with Gasteiger partial charge in [0.05, 0.1) is 5.69 Å². The Balaban J connectivity index is 1.88. The first-order valence-corrected chi connectivity index (χ1v) is 9.11. The van der Waals surface area contributed by atoms with Crippen molar-refractivity contribution in [2.24, 2.45) is 0 Å². The van der Waals surface area contributed by atoms with Crippen LogP contribution in [0, 0.1) is 6.92 Å². The molecule has 142 valence electrons. The van der Waals surface area contributed by atoms with E-state index >= 15 is 0 Å². The maximum absolute atomic E-state index is 12.9. The van der Waals surface area contributed by atoms with Crippen molar-refractivity contribution in [3.8, 4) is 5.69 Å². The van der Waals surface area contributed by atoms with Crippen LogP contribution in [0.1, 0.15) is 29.8 Å². The first-order valence-electron chi connectivity index (χ1n) is 9.11. The number of benzene rings is 1. The quantitative estimate of drug-likeness (QED) is 0.599. The van der Waals surface area contributed by atoms with Gasteiger partial charge in [0.25, 0.3) is 5.56 Å². The zero-order valence-electron chi connectivity index (χ0n) is 15.9. The van der Waals surface area contributed by atoms with Crippen LogP contribution in [0.3, 0.4) is 0 Å². The minimum atomic E-state index is -0.647. The zero-order valence-corrected chi connectivity index (χ0v) is 15.9. The van der Waals surface area contributed by atoms with Gasteiger partial charge in [-0.05, 0) is 32.1 Å². The van der Waals surface area contributed by atoms with Gasteiger partial charge < -0.3 is 9.64 Å². The highest BCUT2D eigenvalue weighted by molar-refractivity contribution is 5.88. The van der Waals surface area contributed by atoms with Crippen molar-refractivity contribution in [3.05, 3.63) is 64.2 Å². The second kappa shape index (κ2) is 8.18. The Morgan fingerprint density at radius 1 is 1.15 bits per heavy atom. The Kier molecular flexibility index (Phi) is 5.71. The number of fused-ring (bicyclic) bond motifs is 1. The zero-order chi connectivity index (χ0) is 19.4. The van der Waals surface area contributed by atoms with E-state index in [0.29, 0.717) is 12.2 Å². The van der Waals surface area contributed by atoms with Crippen molar-refractivity contribution in [3.63, 3.8) is 0 Å². The molecule has 0 saturated heterocycles. The van der Waals surface area contributed by atoms with Crippen LogP contribution in [0.25, 0.3) is 11.3 Å². The van der Waals surface area contributed by atoms with Crippen molar-refractivity contribution < 1.29 is 9.53 Å². The van der Waals surface area contributed by atoms with E-state index < -0.39 is 11.5 Å². The molecular weight excluding hydrogens is 344 g/mol. The monoisotopic (exact) mass is 368 g/mol. The van der Waals surface area contributed by atoms with Crippen LogP contribution in [0.15, 0.2) is 47.5 Å². The summed E-state index contributed by atoms with van der Waals surface area (Å²) in [7, 11) is 0. The van der Waals surface area contributed by atoms with E-state index in [0.717, 1.165) is 24.3 Å². The molecule has 0 saturated carbocycles. The minimum absolute atomic E-state index is 0.0703. The number of carbonyl (C=O) groups is 1. The third-order valence-corrected chi connectivity index (χ3v) is 4.60. The fourth-order valence-electron chi connectivity index (χ4n) is 2.91. The van der Waals surface area contributed by atoms with E-state index in [2.05, 4.69) is 23.7 Å². The van der Waals surface area contributed by atoms with Gasteiger partial charge in [0, 0.05) is 25.0 Å². The van der Waals surface area contributed by atoms with Gasteiger partial charge in [-0.25, -0.2) is 9.78 Å². The lowest BCUT2D eigenvalue weighted by atomic mass is 10.2. The lowest BCUT2D eigenvalue weighted by Gasteiger charge is -2.17. The van der Waals surface area contributed by atoms with Crippen molar-refractivity contribution in [1.29, 1.82) is 0 Å². The van der Waals surface area contributed by atoms with Crippen LogP contribution in [0.2, 0.25) is 0 Å². The molecular formula is C20H24N4O3. The standard InChI is InChI=1S/C20H24N4O3/c1-4-22(5-2)12-13-27-20(26)17-14-21-18-10-11-23(24(18)19(17)25)16-8-6-15(3)7-9-16/h6-11,14H,4-5,12-13H2,1-3H3. The Bertz CT molecular complexity index is 985. The number of esters is 1. The van der Waals surface area contributed by atoms with Crippen molar-refractivity contribution in [2.75, 3.05) is 26.2 Å². The summed E-state index contributed by atoms with van der Waals surface area (Å²) in [6.45, 7) is 8.74. The molecule has 3 rings (SSSR count). The van der Waals surface area contributed by atoms with Crippen LogP contribution in [0.4, 0.5) is 0 Å². The number of hydrogen-bond acceptors (Lipinski definition) is 5. The topological polar surface area (TPSA) is 68.8 Å². The highest BCUT2D eigenvalue weighted by atomic mass is 16.5. The summed E-state index contributed by atoms with van der Waals surface area (Å²) in [5, 5.41) is 0. The maximum atomic E-state index is 12.9. The van der Waals surface area contributed by atoms with Crippen LogP contribution in [-0.4, -0.2) is 51.3 Å². The highest BCUT2D eigenvalue weighted by Crippen LogP contribution is 2.11. The smallest absolute Gasteiger partial charge is 0.345 e. The van der Waals surface area contributed by atoms with E-state index in [1.807, 2.05) is 31.2 Å². The summed E-state index contributed by atoms with van der Waals surface area (Å²) < 4.78 is 8.34. The van der Waals surface area contributed by atoms with Crippen molar-refractivity contribution in [1.82, 2.24) is 19.1 Å². The van der Waals surface area contributed by atoms with Gasteiger partial charge >= 0.3 is 5.97 Å². The molecule has 0 aliphatic carbocycles. The summed E-state index contributed by atoms with van der Waals surface area (Å²) in [5.41, 5.74) is 1.89. The molecule has 0 bridgehead atoms. The van der Waals surface area contributed by atoms with Crippen LogP contribution >= 0.6 is 0 Å². The van der Waals surface area contributed by atoms with Gasteiger partial charge in [0.1, 0.15) is 12.2 Å². The van der Waals surface area contributed by atoms with E-state index in [4.69, 9.17) is 4.74 Å². The minimum Gasteiger partial charge on any atom is -0.461 e. The number of carbonyl (C=O) groups excluding carboxylic acids is 1. The molecule has 0 radical (unpaired) electrons. The van der Waals surface area contributed by atoms with Gasteiger partial charge in [0.15, 0.2) is 5.65 Å². The average Bonchev–Trinajstić information content (AvgIpc) is 3.11. The Hall–Kier alpha value is -2.93. The Morgan fingerprint density at radius 2 is 1.85 bits per heavy atom. The summed E-state index contributed by atoms with van der Waals surface area (Å²) >= 11 is 0. The number of likely N-dealkylation sites (N-methyl/N-ethyl adjacent to an activating group) is 1. The molecule has 2 aromatic heterocycles. The molecule has 7 nitrogen and oxygen atoms in total. The van der Waals surface area contributed by atoms with Gasteiger partial charge in [0.2, 0.25) is 0 Å². The second-order valence-corrected chi connectivity index (χ2v) is 6.31. The summed E-state index contributed by atoms with van der Waals surface area (Å²) in [6.07, 6.45) is 3.04. The molecule has 0 atom stereocenters. The molecule has 0 N–H and O–H groups in total. The molecule has 1 aromatic carbocycles. The number of nitrogens with zero attached hydrogens (tertiary/aromatic N) is 4. The average molecular weight is 368 g/mol. The molecule has 0 unspecified atom stereocenters. The van der Waals surface area contributed by atoms with E-state index in [1.54, 1.807) is 16.9 Å². The summed E-state index contributed by atoms with van der Waals surface area (Å²) in [4.78, 5) is 31.6. The largest absolute Gasteiger partial charge is 0.461 e. The molecule has 27 heavy (non-hydrogen) atoms. The van der Waals surface area contributed by atoms with Gasteiger partial charge in [-0.2, -0.15) is 4.52 Å². The van der Waals surface area contributed by atoms with Crippen molar-refractivity contribution in [2.45, 2.75) is 20.8 Å². The number of hydrogen-bond donors (Lipinski definition) is 0. The molecule has 0 aliphatic heterocycles. The van der Waals surface area contributed by atoms with Gasteiger partial charge in [-0.1, -0.05) is 31.5 Å². The van der Waals surface area contributed by atoms with Crippen LogP contribution in [-0.2, 0) is 4.74 Å². The molecule has 2 heterocycles. The number of rotatable bonds is 7. The molecule has 3 aromatic rings. The number of ether oxygens (including phenoxy) is 1. The number of aryl methyl sites for hydroxylation is 1. The summed E-state index contributed by atoms with van der Waals surface area (Å²) in [5.74, 6) is -0.647. The SMILES string of the molecule is CCN(CC)CCOC(=O)c1cnc2ccn(-c3ccc(C)cc3)n2c1=O. The Morgan fingerprint density at radius 3 is 2.52 bits per heavy atom. The van der Waals surface area contributed by atoms with Crippen LogP contribution in [0.5, 0.6) is 0 Å². The normalized spacial score (nSPS) is 11.3. The molecule has 0 fully saturated rings. The van der Waals surface area contributed by atoms with E-state index in [1.165, 1.54) is 10.7 Å². The second-order valence-electron chi connectivity index (χ2n) is 6.31. The molecule has 0 aliphatic rings.